The van der Waals surface area contributed by atoms with Crippen molar-refractivity contribution in [2.24, 2.45) is 5.41 Å². The monoisotopic (exact) mass is 546 g/mol. The summed E-state index contributed by atoms with van der Waals surface area (Å²) in [4.78, 5) is 15.0. The van der Waals surface area contributed by atoms with Crippen LogP contribution in [0.1, 0.15) is 49.7 Å². The third-order valence-electron chi connectivity index (χ3n) is 9.03. The number of benzene rings is 2. The van der Waals surface area contributed by atoms with Crippen molar-refractivity contribution in [1.82, 2.24) is 10.2 Å². The van der Waals surface area contributed by atoms with Gasteiger partial charge in [0.2, 0.25) is 0 Å². The maximum atomic E-state index is 14.5. The molecule has 0 saturated carbocycles. The second-order valence-corrected chi connectivity index (χ2v) is 11.3. The first-order valence-electron chi connectivity index (χ1n) is 13.7. The predicted octanol–water partition coefficient (Wildman–Crippen LogP) is 5.03. The number of likely N-dealkylation sites (tertiary alicyclic amines) is 1. The van der Waals surface area contributed by atoms with E-state index in [0.29, 0.717) is 19.4 Å². The van der Waals surface area contributed by atoms with E-state index in [2.05, 4.69) is 11.4 Å². The van der Waals surface area contributed by atoms with Crippen LogP contribution in [0.4, 0.5) is 13.2 Å². The molecule has 0 bridgehead atoms. The van der Waals surface area contributed by atoms with Crippen molar-refractivity contribution < 1.29 is 32.2 Å². The minimum Gasteiger partial charge on any atom is -0.490 e. The summed E-state index contributed by atoms with van der Waals surface area (Å²) in [7, 11) is 0.957. The number of methoxy groups -OCH3 is 1. The number of amides is 1. The molecule has 3 heterocycles. The van der Waals surface area contributed by atoms with Gasteiger partial charge < -0.3 is 24.4 Å². The van der Waals surface area contributed by atoms with Crippen LogP contribution in [-0.4, -0.2) is 69.1 Å². The van der Waals surface area contributed by atoms with Crippen molar-refractivity contribution in [3.05, 3.63) is 65.7 Å². The van der Waals surface area contributed by atoms with Gasteiger partial charge in [-0.25, -0.2) is 0 Å². The van der Waals surface area contributed by atoms with Crippen LogP contribution >= 0.6 is 0 Å². The normalized spacial score (nSPS) is 26.5. The zero-order valence-electron chi connectivity index (χ0n) is 22.6. The number of nitrogens with zero attached hydrogens (tertiary/aromatic N) is 1. The highest BCUT2D eigenvalue weighted by Crippen LogP contribution is 2.51. The molecule has 2 unspecified atom stereocenters. The van der Waals surface area contributed by atoms with Gasteiger partial charge in [-0.2, -0.15) is 13.2 Å². The van der Waals surface area contributed by atoms with E-state index >= 15 is 0 Å². The summed E-state index contributed by atoms with van der Waals surface area (Å²) in [5.41, 5.74) is -2.57. The summed E-state index contributed by atoms with van der Waals surface area (Å²) in [6.45, 7) is 5.30. The number of carbonyl (C=O) groups is 1. The van der Waals surface area contributed by atoms with Gasteiger partial charge in [0, 0.05) is 44.6 Å². The molecule has 2 aromatic carbocycles. The van der Waals surface area contributed by atoms with E-state index in [4.69, 9.17) is 14.2 Å². The quantitative estimate of drug-likeness (QED) is 0.528. The number of ether oxygens (including phenoxy) is 3. The molecule has 3 atom stereocenters. The summed E-state index contributed by atoms with van der Waals surface area (Å²) in [5, 5.41) is 3.51. The van der Waals surface area contributed by atoms with Crippen LogP contribution in [0.25, 0.3) is 0 Å². The minimum atomic E-state index is -4.91. The number of piperidine rings is 2. The van der Waals surface area contributed by atoms with Crippen LogP contribution in [0.5, 0.6) is 5.75 Å². The van der Waals surface area contributed by atoms with Gasteiger partial charge in [0.1, 0.15) is 18.0 Å². The van der Waals surface area contributed by atoms with Crippen LogP contribution in [0.15, 0.2) is 54.6 Å². The molecule has 1 N–H and O–H groups in total. The van der Waals surface area contributed by atoms with Gasteiger partial charge in [-0.1, -0.05) is 48.5 Å². The fraction of sp³-hybridized carbons (Fsp3) is 0.567. The lowest BCUT2D eigenvalue weighted by atomic mass is 9.62. The van der Waals surface area contributed by atoms with Crippen molar-refractivity contribution in [2.45, 2.75) is 55.9 Å². The van der Waals surface area contributed by atoms with Crippen LogP contribution < -0.4 is 10.1 Å². The van der Waals surface area contributed by atoms with E-state index in [-0.39, 0.29) is 35.6 Å². The maximum absolute atomic E-state index is 14.5. The first-order chi connectivity index (χ1) is 18.6. The van der Waals surface area contributed by atoms with E-state index in [1.54, 1.807) is 6.07 Å². The Bertz CT molecular complexity index is 1150. The van der Waals surface area contributed by atoms with Gasteiger partial charge in [-0.3, -0.25) is 4.79 Å². The third-order valence-corrected chi connectivity index (χ3v) is 9.03. The molecule has 2 aromatic rings. The average Bonchev–Trinajstić information content (AvgIpc) is 2.92. The lowest BCUT2D eigenvalue weighted by Gasteiger charge is -2.51. The standard InChI is InChI=1S/C30H37F3N2O4/c1-27(15-19-39-27)21-38-25-11-7-6-10-23(25)24-20-34-16-12-28(24)13-17-35(18-14-28)26(36)29(37-2,30(31,32)33)22-8-4-3-5-9-22/h3-11,24,34H,12-21H2,1-2H3/t24?,27?,29-/m1/s1. The number of alkyl halides is 3. The molecule has 1 spiro atoms. The largest absolute Gasteiger partial charge is 0.490 e. The number of hydrogen-bond acceptors (Lipinski definition) is 5. The molecule has 9 heteroatoms. The van der Waals surface area contributed by atoms with Crippen LogP contribution in [0, 0.1) is 5.41 Å². The molecular weight excluding hydrogens is 509 g/mol. The second-order valence-electron chi connectivity index (χ2n) is 11.3. The molecule has 3 saturated heterocycles. The summed E-state index contributed by atoms with van der Waals surface area (Å²) < 4.78 is 60.6. The smallest absolute Gasteiger partial charge is 0.430 e. The molecular formula is C30H37F3N2O4. The highest BCUT2D eigenvalue weighted by atomic mass is 19.4. The molecule has 6 nitrogen and oxygen atoms in total. The molecule has 39 heavy (non-hydrogen) atoms. The van der Waals surface area contributed by atoms with Gasteiger partial charge in [-0.05, 0) is 49.8 Å². The van der Waals surface area contributed by atoms with Crippen LogP contribution in [-0.2, 0) is 19.9 Å². The Morgan fingerprint density at radius 1 is 1.05 bits per heavy atom. The number of para-hydroxylation sites is 1. The summed E-state index contributed by atoms with van der Waals surface area (Å²) in [6.07, 6.45) is -1.87. The highest BCUT2D eigenvalue weighted by molar-refractivity contribution is 5.88. The Morgan fingerprint density at radius 2 is 1.72 bits per heavy atom. The number of hydrogen-bond donors (Lipinski definition) is 1. The van der Waals surface area contributed by atoms with Gasteiger partial charge >= 0.3 is 6.18 Å². The predicted molar refractivity (Wildman–Crippen MR) is 141 cm³/mol. The van der Waals surface area contributed by atoms with E-state index in [1.165, 1.54) is 29.2 Å². The van der Waals surface area contributed by atoms with Crippen molar-refractivity contribution in [3.63, 3.8) is 0 Å². The van der Waals surface area contributed by atoms with Crippen molar-refractivity contribution >= 4 is 5.91 Å². The van der Waals surface area contributed by atoms with Crippen molar-refractivity contribution in [1.29, 1.82) is 0 Å². The summed E-state index contributed by atoms with van der Waals surface area (Å²) in [6, 6.07) is 15.2. The average molecular weight is 547 g/mol. The maximum Gasteiger partial charge on any atom is 0.430 e. The molecule has 0 aliphatic carbocycles. The van der Waals surface area contributed by atoms with Crippen molar-refractivity contribution in [3.8, 4) is 5.75 Å². The number of rotatable bonds is 7. The zero-order chi connectivity index (χ0) is 27.7. The van der Waals surface area contributed by atoms with Gasteiger partial charge in [0.05, 0.1) is 6.61 Å². The molecule has 212 valence electrons. The molecule has 0 aromatic heterocycles. The minimum absolute atomic E-state index is 0.110. The number of nitrogens with one attached hydrogen (secondary N) is 1. The molecule has 0 radical (unpaired) electrons. The Kier molecular flexibility index (Phi) is 7.70. The molecule has 1 amide bonds. The first kappa shape index (κ1) is 27.9. The van der Waals surface area contributed by atoms with Crippen LogP contribution in [0.2, 0.25) is 0 Å². The number of carbonyl (C=O) groups excluding carboxylic acids is 1. The second kappa shape index (κ2) is 10.7. The third kappa shape index (κ3) is 5.05. The lowest BCUT2D eigenvalue weighted by molar-refractivity contribution is -0.271. The van der Waals surface area contributed by atoms with Gasteiger partial charge in [-0.15, -0.1) is 0 Å². The van der Waals surface area contributed by atoms with Gasteiger partial charge in [0.15, 0.2) is 0 Å². The Labute approximate surface area is 227 Å². The fourth-order valence-electron chi connectivity index (χ4n) is 6.49. The van der Waals surface area contributed by atoms with E-state index in [1.807, 2.05) is 25.1 Å². The molecule has 5 rings (SSSR count). The van der Waals surface area contributed by atoms with Crippen LogP contribution in [0.3, 0.4) is 0 Å². The molecule has 3 aliphatic heterocycles. The summed E-state index contributed by atoms with van der Waals surface area (Å²) in [5.74, 6) is -0.124. The van der Waals surface area contributed by atoms with Crippen molar-refractivity contribution in [2.75, 3.05) is 46.5 Å². The topological polar surface area (TPSA) is 60.0 Å². The lowest BCUT2D eigenvalue weighted by Crippen LogP contribution is -2.59. The molecule has 3 aliphatic rings. The van der Waals surface area contributed by atoms with E-state index < -0.39 is 17.7 Å². The Hall–Kier alpha value is -2.62. The Balaban J connectivity index is 1.37. The SMILES string of the molecule is CO[C@@](C(=O)N1CCC2(CCNCC2c2ccccc2OCC2(C)CCO2)CC1)(c1ccccc1)C(F)(F)F. The zero-order valence-corrected chi connectivity index (χ0v) is 22.6. The number of halogens is 3. The van der Waals surface area contributed by atoms with E-state index in [0.717, 1.165) is 51.0 Å². The summed E-state index contributed by atoms with van der Waals surface area (Å²) >= 11 is 0. The highest BCUT2D eigenvalue weighted by Gasteiger charge is 2.64. The van der Waals surface area contributed by atoms with Gasteiger partial charge in [0.25, 0.3) is 11.5 Å². The first-order valence-corrected chi connectivity index (χ1v) is 13.7. The van der Waals surface area contributed by atoms with E-state index in [9.17, 15) is 18.0 Å². The fourth-order valence-corrected chi connectivity index (χ4v) is 6.49. The molecule has 3 fully saturated rings. The Morgan fingerprint density at radius 3 is 2.33 bits per heavy atom.